The first-order valence-electron chi connectivity index (χ1n) is 4.78. The third-order valence-corrected chi connectivity index (χ3v) is 2.94. The quantitative estimate of drug-likeness (QED) is 0.534. The van der Waals surface area contributed by atoms with E-state index in [9.17, 15) is 4.79 Å². The molecule has 1 fully saturated rings. The topological polar surface area (TPSA) is 41.7 Å². The molecule has 0 amide bonds. The Morgan fingerprint density at radius 2 is 2.08 bits per heavy atom. The summed E-state index contributed by atoms with van der Waals surface area (Å²) in [6, 6.07) is 0. The van der Waals surface area contributed by atoms with Crippen LogP contribution in [-0.4, -0.2) is 17.6 Å². The molecule has 1 rings (SSSR count). The molecule has 72 valence electrons. The van der Waals surface area contributed by atoms with Crippen molar-refractivity contribution in [3.63, 3.8) is 0 Å². The van der Waals surface area contributed by atoms with Crippen molar-refractivity contribution in [1.29, 1.82) is 0 Å². The molecule has 0 unspecified atom stereocenters. The smallest absolute Gasteiger partial charge is 0.309 e. The predicted octanol–water partition coefficient (Wildman–Crippen LogP) is 2.33. The number of hydrogen-bond donors (Lipinski definition) is 1. The van der Waals surface area contributed by atoms with E-state index in [-0.39, 0.29) is 0 Å². The summed E-state index contributed by atoms with van der Waals surface area (Å²) in [5, 5.41) is 9.09. The molecule has 0 spiro atoms. The van der Waals surface area contributed by atoms with Gasteiger partial charge in [0.25, 0.3) is 0 Å². The van der Waals surface area contributed by atoms with E-state index in [0.29, 0.717) is 13.0 Å². The lowest BCUT2D eigenvalue weighted by Crippen LogP contribution is -2.27. The van der Waals surface area contributed by atoms with Crippen molar-refractivity contribution >= 4 is 5.97 Å². The summed E-state index contributed by atoms with van der Waals surface area (Å²) in [5.41, 5.74) is -0.481. The lowest BCUT2D eigenvalue weighted by Gasteiger charge is -2.22. The van der Waals surface area contributed by atoms with Gasteiger partial charge in [-0.3, -0.25) is 4.79 Å². The second kappa shape index (κ2) is 4.27. The van der Waals surface area contributed by atoms with Crippen LogP contribution < -0.4 is 0 Å². The standard InChI is InChI=1S/C10H15NO2/c1-11-8-4-7-10(9(12)13)5-2-3-6-10/h2-8H2,(H,12,13). The molecule has 0 heterocycles. The van der Waals surface area contributed by atoms with Crippen LogP contribution in [0.5, 0.6) is 0 Å². The van der Waals surface area contributed by atoms with Gasteiger partial charge in [-0.25, -0.2) is 6.57 Å². The van der Waals surface area contributed by atoms with E-state index in [1.54, 1.807) is 0 Å². The maximum Gasteiger partial charge on any atom is 0.309 e. The monoisotopic (exact) mass is 181 g/mol. The zero-order valence-corrected chi connectivity index (χ0v) is 7.75. The normalized spacial score (nSPS) is 19.6. The van der Waals surface area contributed by atoms with Crippen LogP contribution in [0.15, 0.2) is 0 Å². The Morgan fingerprint density at radius 3 is 2.54 bits per heavy atom. The summed E-state index contributed by atoms with van der Waals surface area (Å²) in [7, 11) is 0. The zero-order chi connectivity index (χ0) is 9.73. The van der Waals surface area contributed by atoms with Gasteiger partial charge in [-0.15, -0.1) is 0 Å². The van der Waals surface area contributed by atoms with E-state index >= 15 is 0 Å². The lowest BCUT2D eigenvalue weighted by molar-refractivity contribution is -0.149. The first kappa shape index (κ1) is 10.0. The Balaban J connectivity index is 2.48. The summed E-state index contributed by atoms with van der Waals surface area (Å²) >= 11 is 0. The maximum atomic E-state index is 11.0. The molecule has 0 radical (unpaired) electrons. The Labute approximate surface area is 78.6 Å². The molecule has 13 heavy (non-hydrogen) atoms. The average Bonchev–Trinajstić information content (AvgIpc) is 2.55. The van der Waals surface area contributed by atoms with Gasteiger partial charge < -0.3 is 9.95 Å². The molecule has 0 aliphatic heterocycles. The Hall–Kier alpha value is -1.04. The van der Waals surface area contributed by atoms with Crippen LogP contribution in [0.25, 0.3) is 4.85 Å². The van der Waals surface area contributed by atoms with Crippen molar-refractivity contribution < 1.29 is 9.90 Å². The zero-order valence-electron chi connectivity index (χ0n) is 7.75. The van der Waals surface area contributed by atoms with Gasteiger partial charge in [-0.05, 0) is 19.3 Å². The number of aliphatic carboxylic acids is 1. The number of rotatable bonds is 4. The van der Waals surface area contributed by atoms with Crippen molar-refractivity contribution in [3.8, 4) is 0 Å². The molecule has 1 N–H and O–H groups in total. The predicted molar refractivity (Wildman–Crippen MR) is 49.2 cm³/mol. The van der Waals surface area contributed by atoms with Gasteiger partial charge in [-0.1, -0.05) is 12.8 Å². The fraction of sp³-hybridized carbons (Fsp3) is 0.800. The first-order chi connectivity index (χ1) is 6.21. The van der Waals surface area contributed by atoms with Crippen molar-refractivity contribution in [1.82, 2.24) is 0 Å². The third kappa shape index (κ3) is 2.21. The molecule has 0 aromatic heterocycles. The summed E-state index contributed by atoms with van der Waals surface area (Å²) in [4.78, 5) is 14.3. The minimum Gasteiger partial charge on any atom is -0.481 e. The van der Waals surface area contributed by atoms with E-state index in [1.165, 1.54) is 0 Å². The lowest BCUT2D eigenvalue weighted by atomic mass is 9.82. The van der Waals surface area contributed by atoms with E-state index in [0.717, 1.165) is 32.1 Å². The van der Waals surface area contributed by atoms with Crippen LogP contribution in [0, 0.1) is 12.0 Å². The van der Waals surface area contributed by atoms with Crippen LogP contribution in [0.4, 0.5) is 0 Å². The van der Waals surface area contributed by atoms with Crippen LogP contribution in [-0.2, 0) is 4.79 Å². The molecule has 3 nitrogen and oxygen atoms in total. The van der Waals surface area contributed by atoms with E-state index in [1.807, 2.05) is 0 Å². The Morgan fingerprint density at radius 1 is 1.46 bits per heavy atom. The fourth-order valence-corrected chi connectivity index (χ4v) is 2.12. The molecule has 0 aromatic carbocycles. The molecule has 0 bridgehead atoms. The average molecular weight is 181 g/mol. The summed E-state index contributed by atoms with van der Waals surface area (Å²) in [6.07, 6.45) is 5.09. The van der Waals surface area contributed by atoms with Gasteiger partial charge >= 0.3 is 5.97 Å². The second-order valence-corrected chi connectivity index (χ2v) is 3.78. The number of nitrogens with zero attached hydrogens (tertiary/aromatic N) is 1. The molecular formula is C10H15NO2. The molecule has 1 saturated carbocycles. The number of carboxylic acids is 1. The van der Waals surface area contributed by atoms with Crippen molar-refractivity contribution in [3.05, 3.63) is 11.4 Å². The van der Waals surface area contributed by atoms with E-state index in [2.05, 4.69) is 4.85 Å². The number of carbonyl (C=O) groups is 1. The molecule has 0 aromatic rings. The molecule has 3 heteroatoms. The maximum absolute atomic E-state index is 11.0. The van der Waals surface area contributed by atoms with Crippen LogP contribution in [0.2, 0.25) is 0 Å². The third-order valence-electron chi connectivity index (χ3n) is 2.94. The Kier molecular flexibility index (Phi) is 3.30. The van der Waals surface area contributed by atoms with Crippen molar-refractivity contribution in [2.24, 2.45) is 5.41 Å². The Bertz CT molecular complexity index is 224. The van der Waals surface area contributed by atoms with Crippen molar-refractivity contribution in [2.75, 3.05) is 6.54 Å². The van der Waals surface area contributed by atoms with Gasteiger partial charge in [0, 0.05) is 6.42 Å². The van der Waals surface area contributed by atoms with Gasteiger partial charge in [0.05, 0.1) is 5.41 Å². The summed E-state index contributed by atoms with van der Waals surface area (Å²) in [6.45, 7) is 7.09. The summed E-state index contributed by atoms with van der Waals surface area (Å²) < 4.78 is 0. The highest BCUT2D eigenvalue weighted by molar-refractivity contribution is 5.74. The minimum absolute atomic E-state index is 0.467. The van der Waals surface area contributed by atoms with Gasteiger partial charge in [0.1, 0.15) is 0 Å². The van der Waals surface area contributed by atoms with Gasteiger partial charge in [0.2, 0.25) is 6.54 Å². The van der Waals surface area contributed by atoms with Crippen LogP contribution in [0.3, 0.4) is 0 Å². The van der Waals surface area contributed by atoms with Crippen LogP contribution in [0.1, 0.15) is 38.5 Å². The molecular weight excluding hydrogens is 166 g/mol. The SMILES string of the molecule is [C-]#[N+]CCCC1(C(=O)O)CCCC1. The highest BCUT2D eigenvalue weighted by Gasteiger charge is 2.40. The molecule has 0 saturated heterocycles. The number of hydrogen-bond acceptors (Lipinski definition) is 1. The summed E-state index contributed by atoms with van der Waals surface area (Å²) in [5.74, 6) is -0.657. The number of carboxylic acid groups (broad SMARTS) is 1. The second-order valence-electron chi connectivity index (χ2n) is 3.78. The van der Waals surface area contributed by atoms with Gasteiger partial charge in [-0.2, -0.15) is 0 Å². The van der Waals surface area contributed by atoms with Crippen LogP contribution >= 0.6 is 0 Å². The van der Waals surface area contributed by atoms with E-state index < -0.39 is 11.4 Å². The molecule has 1 aliphatic rings. The molecule has 1 aliphatic carbocycles. The van der Waals surface area contributed by atoms with E-state index in [4.69, 9.17) is 11.7 Å². The molecule has 0 atom stereocenters. The fourth-order valence-electron chi connectivity index (χ4n) is 2.12. The highest BCUT2D eigenvalue weighted by Crippen LogP contribution is 2.42. The van der Waals surface area contributed by atoms with Gasteiger partial charge in [0.15, 0.2) is 0 Å². The van der Waals surface area contributed by atoms with Crippen molar-refractivity contribution in [2.45, 2.75) is 38.5 Å². The highest BCUT2D eigenvalue weighted by atomic mass is 16.4. The first-order valence-corrected chi connectivity index (χ1v) is 4.78. The minimum atomic E-state index is -0.657. The largest absolute Gasteiger partial charge is 0.481 e.